The molecule has 3 nitrogen and oxygen atoms in total. The standard InChI is InChI=1S/C13H19FN2O/c1-16-6-2-3-11(9-16)17-13-5-4-10(8-15)7-12(13)14/h4-5,7,11H,2-3,6,8-9,15H2,1H3. The highest BCUT2D eigenvalue weighted by molar-refractivity contribution is 5.29. The second kappa shape index (κ2) is 5.47. The fourth-order valence-corrected chi connectivity index (χ4v) is 2.16. The molecule has 1 aliphatic heterocycles. The molecule has 2 rings (SSSR count). The van der Waals surface area contributed by atoms with Gasteiger partial charge in [0, 0.05) is 13.1 Å². The molecule has 1 unspecified atom stereocenters. The molecule has 0 spiro atoms. The van der Waals surface area contributed by atoms with Crippen molar-refractivity contribution in [2.45, 2.75) is 25.5 Å². The van der Waals surface area contributed by atoms with E-state index < -0.39 is 0 Å². The Balaban J connectivity index is 2.02. The third-order valence-corrected chi connectivity index (χ3v) is 3.11. The maximum absolute atomic E-state index is 13.7. The molecule has 0 amide bonds. The van der Waals surface area contributed by atoms with Crippen LogP contribution in [0.15, 0.2) is 18.2 Å². The van der Waals surface area contributed by atoms with Crippen LogP contribution in [0.1, 0.15) is 18.4 Å². The van der Waals surface area contributed by atoms with E-state index in [1.54, 1.807) is 6.07 Å². The Hall–Kier alpha value is -1.13. The SMILES string of the molecule is CN1CCCC(Oc2ccc(CN)cc2F)C1. The van der Waals surface area contributed by atoms with Crippen molar-refractivity contribution in [2.24, 2.45) is 5.73 Å². The number of hydrogen-bond donors (Lipinski definition) is 1. The van der Waals surface area contributed by atoms with Crippen LogP contribution in [0.2, 0.25) is 0 Å². The van der Waals surface area contributed by atoms with Crippen LogP contribution in [0, 0.1) is 5.82 Å². The molecular formula is C13H19FN2O. The van der Waals surface area contributed by atoms with Crippen molar-refractivity contribution in [3.05, 3.63) is 29.6 Å². The van der Waals surface area contributed by atoms with E-state index in [4.69, 9.17) is 10.5 Å². The zero-order valence-corrected chi connectivity index (χ0v) is 10.2. The van der Waals surface area contributed by atoms with Crippen LogP contribution in [-0.2, 0) is 6.54 Å². The number of benzene rings is 1. The fraction of sp³-hybridized carbons (Fsp3) is 0.538. The fourth-order valence-electron chi connectivity index (χ4n) is 2.16. The highest BCUT2D eigenvalue weighted by atomic mass is 19.1. The summed E-state index contributed by atoms with van der Waals surface area (Å²) in [5.41, 5.74) is 6.24. The molecule has 0 saturated carbocycles. The predicted molar refractivity (Wildman–Crippen MR) is 65.4 cm³/mol. The summed E-state index contributed by atoms with van der Waals surface area (Å²) in [4.78, 5) is 2.21. The zero-order chi connectivity index (χ0) is 12.3. The van der Waals surface area contributed by atoms with Crippen molar-refractivity contribution >= 4 is 0 Å². The van der Waals surface area contributed by atoms with E-state index in [0.717, 1.165) is 31.5 Å². The van der Waals surface area contributed by atoms with E-state index in [9.17, 15) is 4.39 Å². The lowest BCUT2D eigenvalue weighted by Crippen LogP contribution is -2.38. The largest absolute Gasteiger partial charge is 0.486 e. The molecule has 1 aromatic carbocycles. The van der Waals surface area contributed by atoms with Gasteiger partial charge in [-0.15, -0.1) is 0 Å². The van der Waals surface area contributed by atoms with Crippen molar-refractivity contribution in [3.63, 3.8) is 0 Å². The molecule has 1 heterocycles. The molecule has 94 valence electrons. The average Bonchev–Trinajstić information content (AvgIpc) is 2.32. The van der Waals surface area contributed by atoms with Gasteiger partial charge in [0.15, 0.2) is 11.6 Å². The highest BCUT2D eigenvalue weighted by Gasteiger charge is 2.19. The number of likely N-dealkylation sites (tertiary alicyclic amines) is 1. The van der Waals surface area contributed by atoms with E-state index in [1.807, 2.05) is 6.07 Å². The molecule has 17 heavy (non-hydrogen) atoms. The summed E-state index contributed by atoms with van der Waals surface area (Å²) < 4.78 is 19.4. The first-order valence-electron chi connectivity index (χ1n) is 6.02. The Morgan fingerprint density at radius 1 is 1.53 bits per heavy atom. The summed E-state index contributed by atoms with van der Waals surface area (Å²) in [6.07, 6.45) is 2.18. The molecule has 1 aliphatic rings. The second-order valence-electron chi connectivity index (χ2n) is 4.61. The van der Waals surface area contributed by atoms with Gasteiger partial charge in [-0.1, -0.05) is 6.07 Å². The molecule has 1 fully saturated rings. The van der Waals surface area contributed by atoms with Crippen LogP contribution in [0.5, 0.6) is 5.75 Å². The van der Waals surface area contributed by atoms with Crippen molar-refractivity contribution in [3.8, 4) is 5.75 Å². The molecule has 1 saturated heterocycles. The van der Waals surface area contributed by atoms with Crippen molar-refractivity contribution < 1.29 is 9.13 Å². The summed E-state index contributed by atoms with van der Waals surface area (Å²) in [7, 11) is 2.06. The maximum Gasteiger partial charge on any atom is 0.165 e. The number of ether oxygens (including phenoxy) is 1. The van der Waals surface area contributed by atoms with Gasteiger partial charge in [0.1, 0.15) is 6.10 Å². The van der Waals surface area contributed by atoms with Crippen LogP contribution in [0.4, 0.5) is 4.39 Å². The third-order valence-electron chi connectivity index (χ3n) is 3.11. The van der Waals surface area contributed by atoms with E-state index >= 15 is 0 Å². The second-order valence-corrected chi connectivity index (χ2v) is 4.61. The first-order chi connectivity index (χ1) is 8.19. The Morgan fingerprint density at radius 2 is 2.35 bits per heavy atom. The van der Waals surface area contributed by atoms with Gasteiger partial charge in [-0.05, 0) is 44.1 Å². The molecule has 2 N–H and O–H groups in total. The summed E-state index contributed by atoms with van der Waals surface area (Å²) >= 11 is 0. The summed E-state index contributed by atoms with van der Waals surface area (Å²) in [6.45, 7) is 2.30. The van der Waals surface area contributed by atoms with E-state index in [1.165, 1.54) is 6.07 Å². The minimum atomic E-state index is -0.318. The molecule has 4 heteroatoms. The molecule has 1 aromatic rings. The van der Waals surface area contributed by atoms with Gasteiger partial charge in [0.2, 0.25) is 0 Å². The lowest BCUT2D eigenvalue weighted by Gasteiger charge is -2.30. The van der Waals surface area contributed by atoms with E-state index in [0.29, 0.717) is 12.3 Å². The van der Waals surface area contributed by atoms with Gasteiger partial charge >= 0.3 is 0 Å². The van der Waals surface area contributed by atoms with Crippen molar-refractivity contribution in [2.75, 3.05) is 20.1 Å². The van der Waals surface area contributed by atoms with Crippen LogP contribution < -0.4 is 10.5 Å². The number of nitrogens with zero attached hydrogens (tertiary/aromatic N) is 1. The normalized spacial score (nSPS) is 21.5. The smallest absolute Gasteiger partial charge is 0.165 e. The van der Waals surface area contributed by atoms with Crippen LogP contribution in [0.25, 0.3) is 0 Å². The Labute approximate surface area is 101 Å². The highest BCUT2D eigenvalue weighted by Crippen LogP contribution is 2.22. The Morgan fingerprint density at radius 3 is 3.00 bits per heavy atom. The lowest BCUT2D eigenvalue weighted by atomic mass is 10.1. The number of hydrogen-bond acceptors (Lipinski definition) is 3. The van der Waals surface area contributed by atoms with E-state index in [2.05, 4.69) is 11.9 Å². The first-order valence-corrected chi connectivity index (χ1v) is 6.02. The third kappa shape index (κ3) is 3.17. The van der Waals surface area contributed by atoms with Gasteiger partial charge in [-0.2, -0.15) is 0 Å². The number of rotatable bonds is 3. The van der Waals surface area contributed by atoms with Crippen LogP contribution >= 0.6 is 0 Å². The van der Waals surface area contributed by atoms with Gasteiger partial charge in [-0.25, -0.2) is 4.39 Å². The van der Waals surface area contributed by atoms with Gasteiger partial charge < -0.3 is 15.4 Å². The monoisotopic (exact) mass is 238 g/mol. The van der Waals surface area contributed by atoms with Gasteiger partial charge in [-0.3, -0.25) is 0 Å². The lowest BCUT2D eigenvalue weighted by molar-refractivity contribution is 0.100. The van der Waals surface area contributed by atoms with Crippen molar-refractivity contribution in [1.82, 2.24) is 4.90 Å². The first kappa shape index (κ1) is 12.3. The summed E-state index contributed by atoms with van der Waals surface area (Å²) in [6, 6.07) is 4.93. The van der Waals surface area contributed by atoms with Crippen LogP contribution in [-0.4, -0.2) is 31.1 Å². The Bertz CT molecular complexity index is 384. The quantitative estimate of drug-likeness (QED) is 0.872. The number of piperidine rings is 1. The molecule has 1 atom stereocenters. The van der Waals surface area contributed by atoms with Gasteiger partial charge in [0.25, 0.3) is 0 Å². The Kier molecular flexibility index (Phi) is 3.97. The molecule has 0 aromatic heterocycles. The molecule has 0 aliphatic carbocycles. The predicted octanol–water partition coefficient (Wildman–Crippen LogP) is 1.76. The molecule has 0 radical (unpaired) electrons. The minimum absolute atomic E-state index is 0.0898. The number of halogens is 1. The topological polar surface area (TPSA) is 38.5 Å². The maximum atomic E-state index is 13.7. The molecular weight excluding hydrogens is 219 g/mol. The minimum Gasteiger partial charge on any atom is -0.486 e. The summed E-state index contributed by atoms with van der Waals surface area (Å²) in [5.74, 6) is 0.0173. The average molecular weight is 238 g/mol. The van der Waals surface area contributed by atoms with Crippen molar-refractivity contribution in [1.29, 1.82) is 0 Å². The number of likely N-dealkylation sites (N-methyl/N-ethyl adjacent to an activating group) is 1. The molecule has 0 bridgehead atoms. The summed E-state index contributed by atoms with van der Waals surface area (Å²) in [5, 5.41) is 0. The number of nitrogens with two attached hydrogens (primary N) is 1. The van der Waals surface area contributed by atoms with Gasteiger partial charge in [0.05, 0.1) is 0 Å². The van der Waals surface area contributed by atoms with Crippen LogP contribution in [0.3, 0.4) is 0 Å². The zero-order valence-electron chi connectivity index (χ0n) is 10.2. The van der Waals surface area contributed by atoms with E-state index in [-0.39, 0.29) is 11.9 Å².